The Bertz CT molecular complexity index is 420. The zero-order valence-corrected chi connectivity index (χ0v) is 9.65. The Kier molecular flexibility index (Phi) is 3.43. The lowest BCUT2D eigenvalue weighted by molar-refractivity contribution is 0.512. The summed E-state index contributed by atoms with van der Waals surface area (Å²) in [6.07, 6.45) is 0.962. The largest absolute Gasteiger partial charge is 0.332 e. The van der Waals surface area contributed by atoms with E-state index in [-0.39, 0.29) is 11.7 Å². The van der Waals surface area contributed by atoms with Crippen molar-refractivity contribution in [2.75, 3.05) is 11.1 Å². The van der Waals surface area contributed by atoms with E-state index in [9.17, 15) is 8.78 Å². The first-order valence-electron chi connectivity index (χ1n) is 5.12. The lowest BCUT2D eigenvalue weighted by Gasteiger charge is -2.06. The highest BCUT2D eigenvalue weighted by Gasteiger charge is 2.18. The van der Waals surface area contributed by atoms with Gasteiger partial charge in [0.25, 0.3) is 0 Å². The molecule has 0 saturated heterocycles. The summed E-state index contributed by atoms with van der Waals surface area (Å²) < 4.78 is 26.3. The Hall–Kier alpha value is -1.10. The highest BCUT2D eigenvalue weighted by atomic mass is 32.2. The van der Waals surface area contributed by atoms with Crippen LogP contribution >= 0.6 is 11.8 Å². The third-order valence-corrected chi connectivity index (χ3v) is 3.41. The molecule has 1 aliphatic heterocycles. The Balaban J connectivity index is 2.13. The summed E-state index contributed by atoms with van der Waals surface area (Å²) in [6, 6.07) is 4.35. The smallest absolute Gasteiger partial charge is 0.182 e. The number of halogens is 2. The summed E-state index contributed by atoms with van der Waals surface area (Å²) in [5, 5.41) is 3.48. The van der Waals surface area contributed by atoms with E-state index >= 15 is 0 Å². The van der Waals surface area contributed by atoms with Crippen molar-refractivity contribution in [3.05, 3.63) is 29.8 Å². The first-order chi connectivity index (χ1) is 7.70. The number of hydrogen-bond acceptors (Lipinski definition) is 3. The fourth-order valence-electron chi connectivity index (χ4n) is 1.41. The molecule has 86 valence electrons. The van der Waals surface area contributed by atoms with E-state index in [2.05, 4.69) is 17.2 Å². The molecule has 0 aliphatic carbocycles. The number of rotatable bonds is 2. The fraction of sp³-hybridized carbons (Fsp3) is 0.364. The Morgan fingerprint density at radius 3 is 3.00 bits per heavy atom. The average molecular weight is 242 g/mol. The molecule has 16 heavy (non-hydrogen) atoms. The molecule has 0 spiro atoms. The first kappa shape index (κ1) is 11.4. The molecule has 0 fully saturated rings. The van der Waals surface area contributed by atoms with Crippen molar-refractivity contribution >= 4 is 22.6 Å². The second-order valence-electron chi connectivity index (χ2n) is 3.53. The van der Waals surface area contributed by atoms with Crippen molar-refractivity contribution in [3.8, 4) is 0 Å². The molecular weight excluding hydrogens is 230 g/mol. The molecule has 1 unspecified atom stereocenters. The standard InChI is InChI=1S/C11H12F2N2S/c1-2-7-6-16-11(14-7)15-9-5-3-4-8(12)10(9)13/h3-5,7H,2,6H2,1H3,(H,14,15). The topological polar surface area (TPSA) is 24.4 Å². The third kappa shape index (κ3) is 2.35. The Morgan fingerprint density at radius 2 is 2.31 bits per heavy atom. The molecule has 1 heterocycles. The van der Waals surface area contributed by atoms with Crippen LogP contribution in [0.3, 0.4) is 0 Å². The van der Waals surface area contributed by atoms with E-state index in [4.69, 9.17) is 0 Å². The van der Waals surface area contributed by atoms with Gasteiger partial charge in [-0.3, -0.25) is 4.99 Å². The summed E-state index contributed by atoms with van der Waals surface area (Å²) >= 11 is 1.53. The van der Waals surface area contributed by atoms with Crippen LogP contribution < -0.4 is 5.32 Å². The van der Waals surface area contributed by atoms with Gasteiger partial charge in [-0.25, -0.2) is 8.78 Å². The number of anilines is 1. The van der Waals surface area contributed by atoms with Gasteiger partial charge in [-0.15, -0.1) is 0 Å². The molecule has 1 aromatic rings. The maximum atomic E-state index is 13.3. The molecule has 0 bridgehead atoms. The second-order valence-corrected chi connectivity index (χ2v) is 4.54. The molecule has 1 N–H and O–H groups in total. The predicted octanol–water partition coefficient (Wildman–Crippen LogP) is 3.26. The van der Waals surface area contributed by atoms with Crippen molar-refractivity contribution in [2.24, 2.45) is 4.99 Å². The molecule has 1 aromatic carbocycles. The number of hydrogen-bond donors (Lipinski definition) is 1. The van der Waals surface area contributed by atoms with Crippen LogP contribution in [-0.4, -0.2) is 17.0 Å². The van der Waals surface area contributed by atoms with Crippen LogP contribution in [-0.2, 0) is 0 Å². The number of amidine groups is 1. The molecule has 2 rings (SSSR count). The van der Waals surface area contributed by atoms with Crippen LogP contribution in [0, 0.1) is 11.6 Å². The van der Waals surface area contributed by atoms with Crippen LogP contribution in [0.1, 0.15) is 13.3 Å². The van der Waals surface area contributed by atoms with Gasteiger partial charge in [0.1, 0.15) is 0 Å². The van der Waals surface area contributed by atoms with E-state index in [1.165, 1.54) is 23.9 Å². The summed E-state index contributed by atoms with van der Waals surface area (Å²) in [7, 11) is 0. The number of nitrogens with zero attached hydrogens (tertiary/aromatic N) is 1. The van der Waals surface area contributed by atoms with Crippen molar-refractivity contribution in [1.29, 1.82) is 0 Å². The predicted molar refractivity (Wildman–Crippen MR) is 64.0 cm³/mol. The summed E-state index contributed by atoms with van der Waals surface area (Å²) in [5.41, 5.74) is 0.142. The Labute approximate surface area is 97.1 Å². The van der Waals surface area contributed by atoms with E-state index < -0.39 is 11.6 Å². The molecule has 2 nitrogen and oxygen atoms in total. The number of benzene rings is 1. The van der Waals surface area contributed by atoms with E-state index in [0.717, 1.165) is 18.2 Å². The highest BCUT2D eigenvalue weighted by Crippen LogP contribution is 2.23. The monoisotopic (exact) mass is 242 g/mol. The number of nitrogens with one attached hydrogen (secondary N) is 1. The molecule has 0 amide bonds. The maximum Gasteiger partial charge on any atom is 0.182 e. The molecule has 1 atom stereocenters. The van der Waals surface area contributed by atoms with E-state index in [0.29, 0.717) is 5.17 Å². The van der Waals surface area contributed by atoms with Gasteiger partial charge < -0.3 is 5.32 Å². The van der Waals surface area contributed by atoms with E-state index in [1.54, 1.807) is 0 Å². The molecule has 5 heteroatoms. The average Bonchev–Trinajstić information content (AvgIpc) is 2.73. The van der Waals surface area contributed by atoms with Gasteiger partial charge in [0.05, 0.1) is 11.7 Å². The number of thioether (sulfide) groups is 1. The van der Waals surface area contributed by atoms with Gasteiger partial charge in [0, 0.05) is 5.75 Å². The normalized spacial score (nSPS) is 19.7. The minimum Gasteiger partial charge on any atom is -0.332 e. The van der Waals surface area contributed by atoms with Gasteiger partial charge in [-0.05, 0) is 18.6 Å². The van der Waals surface area contributed by atoms with Crippen LogP contribution in [0.4, 0.5) is 14.5 Å². The van der Waals surface area contributed by atoms with Crippen LogP contribution in [0.5, 0.6) is 0 Å². The number of aliphatic imine (C=N–C) groups is 1. The summed E-state index contributed by atoms with van der Waals surface area (Å²) in [6.45, 7) is 2.06. The highest BCUT2D eigenvalue weighted by molar-refractivity contribution is 8.14. The van der Waals surface area contributed by atoms with Crippen molar-refractivity contribution in [2.45, 2.75) is 19.4 Å². The van der Waals surface area contributed by atoms with Gasteiger partial charge in [0.2, 0.25) is 0 Å². The fourth-order valence-corrected chi connectivity index (χ4v) is 2.47. The van der Waals surface area contributed by atoms with E-state index in [1.807, 2.05) is 0 Å². The van der Waals surface area contributed by atoms with Gasteiger partial charge in [-0.2, -0.15) is 0 Å². The summed E-state index contributed by atoms with van der Waals surface area (Å²) in [5.74, 6) is -0.804. The van der Waals surface area contributed by atoms with Gasteiger partial charge >= 0.3 is 0 Å². The van der Waals surface area contributed by atoms with Crippen LogP contribution in [0.15, 0.2) is 23.2 Å². The minimum absolute atomic E-state index is 0.142. The van der Waals surface area contributed by atoms with Crippen molar-refractivity contribution in [1.82, 2.24) is 0 Å². The first-order valence-corrected chi connectivity index (χ1v) is 6.11. The van der Waals surface area contributed by atoms with Crippen molar-refractivity contribution in [3.63, 3.8) is 0 Å². The minimum atomic E-state index is -0.856. The maximum absolute atomic E-state index is 13.3. The van der Waals surface area contributed by atoms with Crippen LogP contribution in [0.25, 0.3) is 0 Å². The quantitative estimate of drug-likeness (QED) is 0.860. The van der Waals surface area contributed by atoms with Crippen LogP contribution in [0.2, 0.25) is 0 Å². The zero-order valence-electron chi connectivity index (χ0n) is 8.84. The zero-order chi connectivity index (χ0) is 11.5. The van der Waals surface area contributed by atoms with Crippen molar-refractivity contribution < 1.29 is 8.78 Å². The summed E-state index contributed by atoms with van der Waals surface area (Å²) in [4.78, 5) is 4.35. The molecule has 0 saturated carbocycles. The van der Waals surface area contributed by atoms with Gasteiger partial charge in [0.15, 0.2) is 16.8 Å². The lowest BCUT2D eigenvalue weighted by Crippen LogP contribution is -2.07. The third-order valence-electron chi connectivity index (χ3n) is 2.38. The molecular formula is C11H12F2N2S. The molecule has 1 aliphatic rings. The van der Waals surface area contributed by atoms with Gasteiger partial charge in [-0.1, -0.05) is 24.8 Å². The lowest BCUT2D eigenvalue weighted by atomic mass is 10.3. The molecule has 0 aromatic heterocycles. The molecule has 0 radical (unpaired) electrons. The Morgan fingerprint density at radius 1 is 1.50 bits per heavy atom. The SMILES string of the molecule is CCC1CSC(Nc2cccc(F)c2F)=N1. The second kappa shape index (κ2) is 4.82.